The van der Waals surface area contributed by atoms with Crippen molar-refractivity contribution in [1.82, 2.24) is 9.88 Å². The van der Waals surface area contributed by atoms with E-state index in [2.05, 4.69) is 4.98 Å². The van der Waals surface area contributed by atoms with Gasteiger partial charge in [-0.15, -0.1) is 11.3 Å². The Labute approximate surface area is 242 Å². The van der Waals surface area contributed by atoms with Crippen molar-refractivity contribution < 1.29 is 45.8 Å². The number of hydrogen-bond donors (Lipinski definition) is 1. The van der Waals surface area contributed by atoms with Crippen LogP contribution >= 0.6 is 23.1 Å². The summed E-state index contributed by atoms with van der Waals surface area (Å²) in [7, 11) is 0. The van der Waals surface area contributed by atoms with Crippen LogP contribution in [0.4, 0.5) is 36.8 Å². The topological polar surface area (TPSA) is 90.8 Å². The number of rotatable bonds is 6. The summed E-state index contributed by atoms with van der Waals surface area (Å²) < 4.78 is 70.9. The summed E-state index contributed by atoms with van der Waals surface area (Å²) >= 11 is 1.33. The molecule has 3 amide bonds. The number of thioether (sulfide) groups is 1. The molecule has 2 aromatic carbocycles. The van der Waals surface area contributed by atoms with Crippen LogP contribution in [0, 0.1) is 0 Å². The fraction of sp³-hybridized carbons (Fsp3) is 0.185. The molecule has 0 aliphatic carbocycles. The number of carboxylic acid groups (broad SMARTS) is 1. The highest BCUT2D eigenvalue weighted by Gasteiger charge is 2.46. The minimum Gasteiger partial charge on any atom is -0.475 e. The predicted molar refractivity (Wildman–Crippen MR) is 144 cm³/mol. The van der Waals surface area contributed by atoms with Crippen molar-refractivity contribution in [1.29, 1.82) is 0 Å². The number of carboxylic acids is 1. The van der Waals surface area contributed by atoms with Crippen molar-refractivity contribution in [3.05, 3.63) is 89.6 Å². The Bertz CT molecular complexity index is 1580. The van der Waals surface area contributed by atoms with Crippen LogP contribution in [0.25, 0.3) is 10.1 Å². The monoisotopic (exact) mass is 627 g/mol. The van der Waals surface area contributed by atoms with E-state index in [1.165, 1.54) is 29.2 Å². The lowest BCUT2D eigenvalue weighted by Crippen LogP contribution is -2.36. The molecule has 1 aliphatic rings. The van der Waals surface area contributed by atoms with E-state index >= 15 is 0 Å². The number of halogens is 6. The number of pyridine rings is 1. The van der Waals surface area contributed by atoms with E-state index in [1.807, 2.05) is 29.6 Å². The average Bonchev–Trinajstić information content (AvgIpc) is 3.43. The lowest BCUT2D eigenvalue weighted by molar-refractivity contribution is -0.192. The van der Waals surface area contributed by atoms with Gasteiger partial charge in [0.2, 0.25) is 0 Å². The van der Waals surface area contributed by atoms with Gasteiger partial charge in [-0.1, -0.05) is 18.2 Å². The molecule has 7 nitrogen and oxygen atoms in total. The third-order valence-electron chi connectivity index (χ3n) is 5.97. The van der Waals surface area contributed by atoms with Crippen molar-refractivity contribution in [3.63, 3.8) is 0 Å². The van der Waals surface area contributed by atoms with Gasteiger partial charge in [-0.25, -0.2) is 14.5 Å². The van der Waals surface area contributed by atoms with E-state index in [4.69, 9.17) is 9.90 Å². The Kier molecular flexibility index (Phi) is 9.11. The number of carbonyl (C=O) groups is 3. The quantitative estimate of drug-likeness (QED) is 0.139. The zero-order valence-electron chi connectivity index (χ0n) is 21.1. The van der Waals surface area contributed by atoms with Gasteiger partial charge < -0.3 is 10.0 Å². The van der Waals surface area contributed by atoms with Crippen molar-refractivity contribution in [2.75, 3.05) is 4.90 Å². The SMILES string of the molecule is O=C(O)C(F)(F)F.O=C1[C@@H](Cc2csc3ccccc23)N(Cc2ccncc2)C(=O)N1c1ccc(SC(F)(F)F)cc1. The fourth-order valence-corrected chi connectivity index (χ4v) is 5.65. The number of aromatic nitrogens is 1. The third kappa shape index (κ3) is 7.39. The van der Waals surface area contributed by atoms with E-state index in [9.17, 15) is 35.9 Å². The number of imide groups is 1. The zero-order chi connectivity index (χ0) is 30.7. The number of anilines is 1. The van der Waals surface area contributed by atoms with Crippen LogP contribution in [0.2, 0.25) is 0 Å². The van der Waals surface area contributed by atoms with E-state index in [1.54, 1.807) is 35.9 Å². The van der Waals surface area contributed by atoms with E-state index < -0.39 is 35.6 Å². The van der Waals surface area contributed by atoms with Crippen LogP contribution in [0.1, 0.15) is 11.1 Å². The Hall–Kier alpha value is -4.11. The molecule has 0 saturated carbocycles. The molecule has 15 heteroatoms. The van der Waals surface area contributed by atoms with E-state index in [0.29, 0.717) is 6.42 Å². The molecule has 0 unspecified atom stereocenters. The molecule has 4 aromatic rings. The average molecular weight is 628 g/mol. The van der Waals surface area contributed by atoms with Crippen LogP contribution in [0.3, 0.4) is 0 Å². The number of carbonyl (C=O) groups excluding carboxylic acids is 2. The molecule has 0 bridgehead atoms. The highest BCUT2D eigenvalue weighted by atomic mass is 32.2. The maximum absolute atomic E-state index is 13.6. The number of alkyl halides is 6. The van der Waals surface area contributed by atoms with Crippen molar-refractivity contribution >= 4 is 56.8 Å². The predicted octanol–water partition coefficient (Wildman–Crippen LogP) is 7.12. The van der Waals surface area contributed by atoms with Gasteiger partial charge in [-0.3, -0.25) is 9.78 Å². The number of hydrogen-bond acceptors (Lipinski definition) is 6. The molecular weight excluding hydrogens is 608 g/mol. The fourth-order valence-electron chi connectivity index (χ4n) is 4.13. The highest BCUT2D eigenvalue weighted by molar-refractivity contribution is 8.00. The van der Waals surface area contributed by atoms with Gasteiger partial charge in [0.1, 0.15) is 6.04 Å². The van der Waals surface area contributed by atoms with E-state index in [0.717, 1.165) is 26.1 Å². The summed E-state index contributed by atoms with van der Waals surface area (Å²) in [4.78, 5) is 42.5. The second-order valence-electron chi connectivity index (χ2n) is 8.76. The molecule has 1 fully saturated rings. The van der Waals surface area contributed by atoms with Crippen LogP contribution in [-0.2, 0) is 22.6 Å². The summed E-state index contributed by atoms with van der Waals surface area (Å²) in [6.07, 6.45) is -1.51. The normalized spacial score (nSPS) is 15.6. The largest absolute Gasteiger partial charge is 0.490 e. The Morgan fingerprint density at radius 1 is 0.952 bits per heavy atom. The minimum atomic E-state index is -5.08. The first kappa shape index (κ1) is 30.8. The molecule has 0 spiro atoms. The van der Waals surface area contributed by atoms with Crippen LogP contribution in [0.5, 0.6) is 0 Å². The maximum atomic E-state index is 13.6. The standard InChI is InChI=1S/C25H18F3N3O2S2.C2HF3O2/c26-25(27,28)35-19-7-5-18(6-8-19)31-23(32)21(13-17-15-34-22-4-2-1-3-20(17)22)30(24(31)33)14-16-9-11-29-12-10-16;3-2(4,5)1(6)7/h1-12,15,21H,13-14H2;(H,6,7)/t21-;/m1./s1. The van der Waals surface area contributed by atoms with Crippen LogP contribution < -0.4 is 4.90 Å². The number of fused-ring (bicyclic) bond motifs is 1. The maximum Gasteiger partial charge on any atom is 0.490 e. The van der Waals surface area contributed by atoms with Gasteiger partial charge in [0, 0.05) is 35.0 Å². The Morgan fingerprint density at radius 3 is 2.17 bits per heavy atom. The summed E-state index contributed by atoms with van der Waals surface area (Å²) in [5, 5.41) is 10.2. The summed E-state index contributed by atoms with van der Waals surface area (Å²) in [6.45, 7) is 0.207. The van der Waals surface area contributed by atoms with Gasteiger partial charge in [-0.2, -0.15) is 26.3 Å². The van der Waals surface area contributed by atoms with E-state index in [-0.39, 0.29) is 28.9 Å². The number of aliphatic carboxylic acids is 1. The summed E-state index contributed by atoms with van der Waals surface area (Å²) in [5.74, 6) is -3.16. The number of urea groups is 1. The van der Waals surface area contributed by atoms with Gasteiger partial charge >= 0.3 is 23.7 Å². The van der Waals surface area contributed by atoms with Gasteiger partial charge in [0.25, 0.3) is 5.91 Å². The van der Waals surface area contributed by atoms with Gasteiger partial charge in [-0.05, 0) is 76.1 Å². The zero-order valence-corrected chi connectivity index (χ0v) is 22.7. The molecule has 1 N–H and O–H groups in total. The van der Waals surface area contributed by atoms with Gasteiger partial charge in [0.05, 0.1) is 5.69 Å². The molecule has 2 aromatic heterocycles. The lowest BCUT2D eigenvalue weighted by atomic mass is 10.0. The molecule has 1 aliphatic heterocycles. The Balaban J connectivity index is 0.000000517. The van der Waals surface area contributed by atoms with Gasteiger partial charge in [0.15, 0.2) is 0 Å². The molecule has 1 atom stereocenters. The first-order chi connectivity index (χ1) is 19.7. The second kappa shape index (κ2) is 12.4. The van der Waals surface area contributed by atoms with Crippen molar-refractivity contribution in [2.24, 2.45) is 0 Å². The molecular formula is C27H19F6N3O4S2. The van der Waals surface area contributed by atoms with Crippen molar-refractivity contribution in [2.45, 2.75) is 35.6 Å². The molecule has 42 heavy (non-hydrogen) atoms. The Morgan fingerprint density at radius 2 is 1.57 bits per heavy atom. The third-order valence-corrected chi connectivity index (χ3v) is 7.72. The number of amides is 3. The number of benzene rings is 2. The first-order valence-corrected chi connectivity index (χ1v) is 13.6. The first-order valence-electron chi connectivity index (χ1n) is 11.9. The van der Waals surface area contributed by atoms with Crippen molar-refractivity contribution in [3.8, 4) is 0 Å². The molecule has 220 valence electrons. The molecule has 3 heterocycles. The smallest absolute Gasteiger partial charge is 0.475 e. The number of thiophene rings is 1. The summed E-state index contributed by atoms with van der Waals surface area (Å²) in [6, 6.07) is 15.5. The lowest BCUT2D eigenvalue weighted by Gasteiger charge is -2.22. The van der Waals surface area contributed by atoms with Crippen LogP contribution in [-0.4, -0.2) is 50.6 Å². The highest BCUT2D eigenvalue weighted by Crippen LogP contribution is 2.38. The molecule has 5 rings (SSSR count). The number of nitrogens with zero attached hydrogens (tertiary/aromatic N) is 3. The molecule has 0 radical (unpaired) electrons. The minimum absolute atomic E-state index is 0.0183. The summed E-state index contributed by atoms with van der Waals surface area (Å²) in [5.41, 5.74) is -2.39. The second-order valence-corrected chi connectivity index (χ2v) is 10.8. The van der Waals surface area contributed by atoms with Crippen LogP contribution in [0.15, 0.2) is 83.3 Å². The molecule has 1 saturated heterocycles.